The number of aromatic nitrogens is 3. The van der Waals surface area contributed by atoms with Crippen LogP contribution in [0.3, 0.4) is 0 Å². The molecule has 0 saturated carbocycles. The van der Waals surface area contributed by atoms with Crippen molar-refractivity contribution in [2.75, 3.05) is 11.2 Å². The van der Waals surface area contributed by atoms with Gasteiger partial charge in [0.05, 0.1) is 5.25 Å². The van der Waals surface area contributed by atoms with E-state index in [0.717, 1.165) is 48.3 Å². The molecule has 1 aromatic heterocycles. The SMILES string of the molecule is CCCc1nnc(S[C@@H](C)C(=O)Nc2c(CC)cccc2CC)n1N. The zero-order chi connectivity index (χ0) is 18.4. The number of nitrogens with zero attached hydrogens (tertiary/aromatic N) is 3. The number of benzene rings is 1. The monoisotopic (exact) mass is 361 g/mol. The lowest BCUT2D eigenvalue weighted by molar-refractivity contribution is -0.115. The van der Waals surface area contributed by atoms with Gasteiger partial charge in [0.25, 0.3) is 0 Å². The molecule has 0 saturated heterocycles. The molecule has 0 fully saturated rings. The number of hydrogen-bond acceptors (Lipinski definition) is 5. The van der Waals surface area contributed by atoms with Crippen molar-refractivity contribution in [2.45, 2.75) is 63.8 Å². The summed E-state index contributed by atoms with van der Waals surface area (Å²) in [6.07, 6.45) is 3.48. The van der Waals surface area contributed by atoms with Crippen molar-refractivity contribution in [3.05, 3.63) is 35.2 Å². The molecule has 7 heteroatoms. The van der Waals surface area contributed by atoms with E-state index in [9.17, 15) is 4.79 Å². The zero-order valence-electron chi connectivity index (χ0n) is 15.4. The molecule has 0 unspecified atom stereocenters. The molecule has 1 atom stereocenters. The maximum Gasteiger partial charge on any atom is 0.237 e. The maximum absolute atomic E-state index is 12.7. The Kier molecular flexibility index (Phi) is 6.87. The molecule has 0 radical (unpaired) electrons. The van der Waals surface area contributed by atoms with Crippen molar-refractivity contribution >= 4 is 23.4 Å². The predicted octanol–water partition coefficient (Wildman–Crippen LogP) is 3.19. The molecule has 0 spiro atoms. The standard InChI is InChI=1S/C18H27N5OS/c1-5-9-15-21-22-18(23(15)19)25-12(4)17(24)20-16-13(6-2)10-8-11-14(16)7-3/h8,10-12H,5-7,9,19H2,1-4H3,(H,20,24)/t12-/m0/s1. The summed E-state index contributed by atoms with van der Waals surface area (Å²) in [5, 5.41) is 11.5. The van der Waals surface area contributed by atoms with Gasteiger partial charge in [-0.2, -0.15) is 0 Å². The summed E-state index contributed by atoms with van der Waals surface area (Å²) < 4.78 is 1.48. The number of rotatable bonds is 8. The fourth-order valence-corrected chi connectivity index (χ4v) is 3.41. The summed E-state index contributed by atoms with van der Waals surface area (Å²) in [7, 11) is 0. The van der Waals surface area contributed by atoms with Crippen molar-refractivity contribution in [1.29, 1.82) is 0 Å². The molecule has 0 aliphatic heterocycles. The Labute approximate surface area is 153 Å². The fraction of sp³-hybridized carbons (Fsp3) is 0.500. The number of hydrogen-bond donors (Lipinski definition) is 2. The molecule has 25 heavy (non-hydrogen) atoms. The first kappa shape index (κ1) is 19.3. The molecule has 1 amide bonds. The molecule has 1 aromatic carbocycles. The molecule has 0 bridgehead atoms. The third-order valence-corrected chi connectivity index (χ3v) is 5.16. The van der Waals surface area contributed by atoms with Gasteiger partial charge in [0, 0.05) is 12.1 Å². The van der Waals surface area contributed by atoms with Gasteiger partial charge in [0.1, 0.15) is 0 Å². The molecular formula is C18H27N5OS. The van der Waals surface area contributed by atoms with Gasteiger partial charge in [0.15, 0.2) is 5.82 Å². The van der Waals surface area contributed by atoms with E-state index in [4.69, 9.17) is 5.84 Å². The van der Waals surface area contributed by atoms with Crippen LogP contribution in [0.1, 0.15) is 51.1 Å². The lowest BCUT2D eigenvalue weighted by Crippen LogP contribution is -2.25. The van der Waals surface area contributed by atoms with Crippen LogP contribution < -0.4 is 11.2 Å². The Hall–Kier alpha value is -2.02. The van der Waals surface area contributed by atoms with E-state index in [-0.39, 0.29) is 11.2 Å². The molecule has 0 aliphatic rings. The Bertz CT molecular complexity index is 706. The number of carbonyl (C=O) groups excluding carboxylic acids is 1. The number of nitrogens with one attached hydrogen (secondary N) is 1. The topological polar surface area (TPSA) is 85.8 Å². The van der Waals surface area contributed by atoms with Gasteiger partial charge in [-0.25, -0.2) is 4.68 Å². The average Bonchev–Trinajstić information content (AvgIpc) is 2.95. The summed E-state index contributed by atoms with van der Waals surface area (Å²) >= 11 is 1.32. The summed E-state index contributed by atoms with van der Waals surface area (Å²) in [6.45, 7) is 8.10. The van der Waals surface area contributed by atoms with Crippen LogP contribution in [-0.2, 0) is 24.1 Å². The van der Waals surface area contributed by atoms with Gasteiger partial charge in [-0.3, -0.25) is 4.79 Å². The molecule has 2 rings (SSSR count). The Morgan fingerprint density at radius 1 is 1.24 bits per heavy atom. The van der Waals surface area contributed by atoms with E-state index in [1.807, 2.05) is 13.0 Å². The minimum absolute atomic E-state index is 0.0550. The fourth-order valence-electron chi connectivity index (χ4n) is 2.62. The highest BCUT2D eigenvalue weighted by Crippen LogP contribution is 2.26. The highest BCUT2D eigenvalue weighted by molar-refractivity contribution is 8.00. The Morgan fingerprint density at radius 2 is 1.88 bits per heavy atom. The van der Waals surface area contributed by atoms with E-state index < -0.39 is 0 Å². The number of aryl methyl sites for hydroxylation is 3. The Balaban J connectivity index is 2.11. The summed E-state index contributed by atoms with van der Waals surface area (Å²) in [4.78, 5) is 12.7. The molecule has 136 valence electrons. The zero-order valence-corrected chi connectivity index (χ0v) is 16.2. The highest BCUT2D eigenvalue weighted by Gasteiger charge is 2.20. The molecular weight excluding hydrogens is 334 g/mol. The van der Waals surface area contributed by atoms with E-state index in [1.165, 1.54) is 16.4 Å². The third kappa shape index (κ3) is 4.54. The van der Waals surface area contributed by atoms with Crippen LogP contribution in [0.15, 0.2) is 23.4 Å². The molecule has 6 nitrogen and oxygen atoms in total. The van der Waals surface area contributed by atoms with Gasteiger partial charge in [-0.05, 0) is 37.3 Å². The first-order valence-corrected chi connectivity index (χ1v) is 9.67. The average molecular weight is 362 g/mol. The highest BCUT2D eigenvalue weighted by atomic mass is 32.2. The molecule has 2 aromatic rings. The Morgan fingerprint density at radius 3 is 2.44 bits per heavy atom. The normalized spacial score (nSPS) is 12.2. The predicted molar refractivity (Wildman–Crippen MR) is 103 cm³/mol. The summed E-state index contributed by atoms with van der Waals surface area (Å²) in [5.74, 6) is 6.70. The number of anilines is 1. The first-order valence-electron chi connectivity index (χ1n) is 8.79. The maximum atomic E-state index is 12.7. The smallest absolute Gasteiger partial charge is 0.237 e. The van der Waals surface area contributed by atoms with Crippen LogP contribution in [-0.4, -0.2) is 26.0 Å². The number of nitrogen functional groups attached to an aromatic ring is 1. The number of thioether (sulfide) groups is 1. The summed E-state index contributed by atoms with van der Waals surface area (Å²) in [5.41, 5.74) is 3.24. The molecule has 3 N–H and O–H groups in total. The van der Waals surface area contributed by atoms with Gasteiger partial charge in [-0.15, -0.1) is 10.2 Å². The second kappa shape index (κ2) is 8.89. The van der Waals surface area contributed by atoms with E-state index >= 15 is 0 Å². The number of para-hydroxylation sites is 1. The first-order chi connectivity index (χ1) is 12.0. The van der Waals surface area contributed by atoms with E-state index in [2.05, 4.69) is 48.4 Å². The van der Waals surface area contributed by atoms with Crippen molar-refractivity contribution in [1.82, 2.24) is 14.9 Å². The lowest BCUT2D eigenvalue weighted by Gasteiger charge is -2.17. The van der Waals surface area contributed by atoms with E-state index in [0.29, 0.717) is 5.16 Å². The minimum atomic E-state index is -0.324. The van der Waals surface area contributed by atoms with Crippen molar-refractivity contribution in [2.24, 2.45) is 0 Å². The summed E-state index contributed by atoms with van der Waals surface area (Å²) in [6, 6.07) is 6.15. The quantitative estimate of drug-likeness (QED) is 0.557. The van der Waals surface area contributed by atoms with Crippen LogP contribution in [0, 0.1) is 0 Å². The second-order valence-corrected chi connectivity index (χ2v) is 7.23. The van der Waals surface area contributed by atoms with Crippen LogP contribution in [0.25, 0.3) is 0 Å². The largest absolute Gasteiger partial charge is 0.336 e. The van der Waals surface area contributed by atoms with Gasteiger partial charge >= 0.3 is 0 Å². The van der Waals surface area contributed by atoms with Crippen molar-refractivity contribution in [3.8, 4) is 0 Å². The van der Waals surface area contributed by atoms with Gasteiger partial charge in [-0.1, -0.05) is 50.7 Å². The number of carbonyl (C=O) groups is 1. The van der Waals surface area contributed by atoms with Crippen LogP contribution in [0.4, 0.5) is 5.69 Å². The minimum Gasteiger partial charge on any atom is -0.336 e. The van der Waals surface area contributed by atoms with E-state index in [1.54, 1.807) is 0 Å². The lowest BCUT2D eigenvalue weighted by atomic mass is 10.0. The van der Waals surface area contributed by atoms with Crippen molar-refractivity contribution in [3.63, 3.8) is 0 Å². The number of nitrogens with two attached hydrogens (primary N) is 1. The van der Waals surface area contributed by atoms with Crippen LogP contribution in [0.2, 0.25) is 0 Å². The molecule has 1 heterocycles. The van der Waals surface area contributed by atoms with Crippen LogP contribution >= 0.6 is 11.8 Å². The third-order valence-electron chi connectivity index (χ3n) is 4.11. The van der Waals surface area contributed by atoms with Crippen LogP contribution in [0.5, 0.6) is 0 Å². The van der Waals surface area contributed by atoms with Gasteiger partial charge in [0.2, 0.25) is 11.1 Å². The van der Waals surface area contributed by atoms with Crippen molar-refractivity contribution < 1.29 is 4.79 Å². The van der Waals surface area contributed by atoms with Gasteiger partial charge < -0.3 is 11.2 Å². The second-order valence-electron chi connectivity index (χ2n) is 5.93. The number of amides is 1. The molecule has 0 aliphatic carbocycles.